The van der Waals surface area contributed by atoms with Gasteiger partial charge in [0.25, 0.3) is 0 Å². The minimum atomic E-state index is -0.111. The molecule has 2 rings (SSSR count). The van der Waals surface area contributed by atoms with Gasteiger partial charge in [0.15, 0.2) is 0 Å². The molecule has 100 valence electrons. The minimum Gasteiger partial charge on any atom is -0.508 e. The van der Waals surface area contributed by atoms with Crippen LogP contribution < -0.4 is 5.32 Å². The summed E-state index contributed by atoms with van der Waals surface area (Å²) >= 11 is 3.44. The second-order valence-electron chi connectivity index (χ2n) is 4.57. The van der Waals surface area contributed by atoms with Crippen LogP contribution in [0.1, 0.15) is 24.1 Å². The molecular formula is C15H16BrNO2. The Balaban J connectivity index is 2.27. The molecule has 4 heteroatoms. The summed E-state index contributed by atoms with van der Waals surface area (Å²) in [4.78, 5) is 0. The molecule has 0 saturated carbocycles. The van der Waals surface area contributed by atoms with E-state index in [-0.39, 0.29) is 17.5 Å². The lowest BCUT2D eigenvalue weighted by molar-refractivity contribution is 0.451. The predicted octanol–water partition coefficient (Wildman–Crippen LogP) is 4.34. The van der Waals surface area contributed by atoms with Crippen molar-refractivity contribution in [1.82, 2.24) is 0 Å². The van der Waals surface area contributed by atoms with Crippen molar-refractivity contribution < 1.29 is 10.2 Å². The summed E-state index contributed by atoms with van der Waals surface area (Å²) in [5.74, 6) is 0.317. The van der Waals surface area contributed by atoms with Gasteiger partial charge in [0.1, 0.15) is 11.5 Å². The molecule has 3 N–H and O–H groups in total. The number of benzene rings is 2. The highest BCUT2D eigenvalue weighted by Gasteiger charge is 2.12. The fourth-order valence-corrected chi connectivity index (χ4v) is 2.31. The first-order valence-electron chi connectivity index (χ1n) is 6.02. The van der Waals surface area contributed by atoms with Gasteiger partial charge in [-0.2, -0.15) is 0 Å². The number of rotatable bonds is 3. The summed E-state index contributed by atoms with van der Waals surface area (Å²) in [7, 11) is 0. The maximum absolute atomic E-state index is 9.85. The highest BCUT2D eigenvalue weighted by atomic mass is 79.9. The third-order valence-corrected chi connectivity index (χ3v) is 3.54. The first-order valence-corrected chi connectivity index (χ1v) is 6.81. The largest absolute Gasteiger partial charge is 0.508 e. The molecule has 2 aromatic rings. The summed E-state index contributed by atoms with van der Waals surface area (Å²) < 4.78 is 0.993. The molecule has 0 heterocycles. The number of phenolic OH excluding ortho intramolecular Hbond substituents is 2. The van der Waals surface area contributed by atoms with Crippen LogP contribution in [0.25, 0.3) is 0 Å². The molecule has 0 spiro atoms. The number of halogens is 1. The van der Waals surface area contributed by atoms with E-state index in [0.29, 0.717) is 5.56 Å². The van der Waals surface area contributed by atoms with Crippen molar-refractivity contribution in [3.05, 3.63) is 52.0 Å². The molecule has 1 unspecified atom stereocenters. The molecule has 3 nitrogen and oxygen atoms in total. The summed E-state index contributed by atoms with van der Waals surface area (Å²) in [5, 5.41) is 22.7. The highest BCUT2D eigenvalue weighted by Crippen LogP contribution is 2.31. The predicted molar refractivity (Wildman–Crippen MR) is 80.7 cm³/mol. The first kappa shape index (κ1) is 13.7. The van der Waals surface area contributed by atoms with Crippen LogP contribution in [0.3, 0.4) is 0 Å². The number of hydrogen-bond donors (Lipinski definition) is 3. The molecule has 0 fully saturated rings. The molecule has 19 heavy (non-hydrogen) atoms. The number of phenols is 2. The zero-order chi connectivity index (χ0) is 14.0. The van der Waals surface area contributed by atoms with Gasteiger partial charge >= 0.3 is 0 Å². The topological polar surface area (TPSA) is 52.5 Å². The second-order valence-corrected chi connectivity index (χ2v) is 5.48. The van der Waals surface area contributed by atoms with E-state index in [1.165, 1.54) is 12.1 Å². The van der Waals surface area contributed by atoms with E-state index >= 15 is 0 Å². The van der Waals surface area contributed by atoms with Crippen LogP contribution in [-0.2, 0) is 0 Å². The van der Waals surface area contributed by atoms with Gasteiger partial charge < -0.3 is 15.5 Å². The van der Waals surface area contributed by atoms with Crippen LogP contribution in [0.5, 0.6) is 11.5 Å². The van der Waals surface area contributed by atoms with Crippen LogP contribution in [0, 0.1) is 6.92 Å². The van der Waals surface area contributed by atoms with E-state index in [1.54, 1.807) is 6.07 Å². The molecule has 2 aromatic carbocycles. The van der Waals surface area contributed by atoms with Crippen molar-refractivity contribution in [2.45, 2.75) is 19.9 Å². The van der Waals surface area contributed by atoms with Gasteiger partial charge in [0.05, 0.1) is 6.04 Å². The van der Waals surface area contributed by atoms with E-state index in [4.69, 9.17) is 0 Å². The maximum Gasteiger partial charge on any atom is 0.121 e. The number of aromatic hydroxyl groups is 2. The second kappa shape index (κ2) is 5.53. The Bertz CT molecular complexity index is 599. The van der Waals surface area contributed by atoms with Crippen LogP contribution in [0.4, 0.5) is 5.69 Å². The molecule has 0 aliphatic carbocycles. The fraction of sp³-hybridized carbons (Fsp3) is 0.200. The van der Waals surface area contributed by atoms with Crippen LogP contribution in [-0.4, -0.2) is 10.2 Å². The molecule has 0 bridgehead atoms. The monoisotopic (exact) mass is 321 g/mol. The molecule has 0 aliphatic rings. The third-order valence-electron chi connectivity index (χ3n) is 3.05. The lowest BCUT2D eigenvalue weighted by Crippen LogP contribution is -2.08. The van der Waals surface area contributed by atoms with Crippen LogP contribution in [0.15, 0.2) is 40.9 Å². The SMILES string of the molecule is Cc1ccc(Br)cc1NC(C)c1cc(O)ccc1O. The van der Waals surface area contributed by atoms with Gasteiger partial charge in [-0.1, -0.05) is 22.0 Å². The standard InChI is InChI=1S/C15H16BrNO2/c1-9-3-4-11(16)7-14(9)17-10(2)13-8-12(18)5-6-15(13)19/h3-8,10,17-19H,1-2H3. The van der Waals surface area contributed by atoms with E-state index in [0.717, 1.165) is 15.7 Å². The first-order chi connectivity index (χ1) is 8.97. The molecule has 0 radical (unpaired) electrons. The van der Waals surface area contributed by atoms with Crippen molar-refractivity contribution in [3.63, 3.8) is 0 Å². The Labute approximate surface area is 121 Å². The molecule has 0 aliphatic heterocycles. The quantitative estimate of drug-likeness (QED) is 0.737. The Morgan fingerprint density at radius 1 is 1.11 bits per heavy atom. The Morgan fingerprint density at radius 3 is 2.58 bits per heavy atom. The molecular weight excluding hydrogens is 306 g/mol. The lowest BCUT2D eigenvalue weighted by Gasteiger charge is -2.19. The van der Waals surface area contributed by atoms with Crippen molar-refractivity contribution in [2.24, 2.45) is 0 Å². The van der Waals surface area contributed by atoms with Crippen molar-refractivity contribution >= 4 is 21.6 Å². The van der Waals surface area contributed by atoms with Gasteiger partial charge in [-0.05, 0) is 49.7 Å². The van der Waals surface area contributed by atoms with Gasteiger partial charge in [-0.25, -0.2) is 0 Å². The summed E-state index contributed by atoms with van der Waals surface area (Å²) in [6.07, 6.45) is 0. The molecule has 0 amide bonds. The highest BCUT2D eigenvalue weighted by molar-refractivity contribution is 9.10. The van der Waals surface area contributed by atoms with Crippen LogP contribution in [0.2, 0.25) is 0 Å². The lowest BCUT2D eigenvalue weighted by atomic mass is 10.1. The summed E-state index contributed by atoms with van der Waals surface area (Å²) in [6.45, 7) is 3.96. The summed E-state index contributed by atoms with van der Waals surface area (Å²) in [6, 6.07) is 10.4. The van der Waals surface area contributed by atoms with E-state index < -0.39 is 0 Å². The summed E-state index contributed by atoms with van der Waals surface area (Å²) in [5.41, 5.74) is 2.78. The maximum atomic E-state index is 9.85. The normalized spacial score (nSPS) is 12.2. The van der Waals surface area contributed by atoms with Crippen molar-refractivity contribution in [3.8, 4) is 11.5 Å². The van der Waals surface area contributed by atoms with Crippen molar-refractivity contribution in [2.75, 3.05) is 5.32 Å². The Hall–Kier alpha value is -1.68. The average Bonchev–Trinajstić information content (AvgIpc) is 2.36. The smallest absolute Gasteiger partial charge is 0.121 e. The zero-order valence-corrected chi connectivity index (χ0v) is 12.4. The number of hydrogen-bond acceptors (Lipinski definition) is 3. The third kappa shape index (κ3) is 3.20. The van der Waals surface area contributed by atoms with Gasteiger partial charge in [-0.3, -0.25) is 0 Å². The number of nitrogens with one attached hydrogen (secondary N) is 1. The zero-order valence-electron chi connectivity index (χ0n) is 10.8. The average molecular weight is 322 g/mol. The Morgan fingerprint density at radius 2 is 1.84 bits per heavy atom. The van der Waals surface area contributed by atoms with E-state index in [9.17, 15) is 10.2 Å². The molecule has 0 aromatic heterocycles. The van der Waals surface area contributed by atoms with E-state index in [1.807, 2.05) is 32.0 Å². The Kier molecular flexibility index (Phi) is 4.00. The van der Waals surface area contributed by atoms with Gasteiger partial charge in [0, 0.05) is 15.7 Å². The van der Waals surface area contributed by atoms with Crippen molar-refractivity contribution in [1.29, 1.82) is 0 Å². The van der Waals surface area contributed by atoms with Gasteiger partial charge in [-0.15, -0.1) is 0 Å². The van der Waals surface area contributed by atoms with Crippen LogP contribution >= 0.6 is 15.9 Å². The molecule has 0 saturated heterocycles. The van der Waals surface area contributed by atoms with E-state index in [2.05, 4.69) is 21.2 Å². The van der Waals surface area contributed by atoms with Gasteiger partial charge in [0.2, 0.25) is 0 Å². The number of anilines is 1. The fourth-order valence-electron chi connectivity index (χ4n) is 1.95. The minimum absolute atomic E-state index is 0.111. The number of aryl methyl sites for hydroxylation is 1. The molecule has 1 atom stereocenters.